The fraction of sp³-hybridized carbons (Fsp3) is 0.450. The fourth-order valence-corrected chi connectivity index (χ4v) is 3.30. The number of nitrogens with zero attached hydrogens (tertiary/aromatic N) is 3. The van der Waals surface area contributed by atoms with Crippen molar-refractivity contribution in [1.82, 2.24) is 15.0 Å². The van der Waals surface area contributed by atoms with Crippen LogP contribution in [0.4, 0.5) is 5.82 Å². The average Bonchev–Trinajstić information content (AvgIpc) is 3.44. The van der Waals surface area contributed by atoms with Crippen molar-refractivity contribution in [1.29, 1.82) is 0 Å². The number of amides is 2. The Bertz CT molecular complexity index is 818. The Morgan fingerprint density at radius 1 is 1.21 bits per heavy atom. The van der Waals surface area contributed by atoms with Crippen molar-refractivity contribution in [2.24, 2.45) is 0 Å². The summed E-state index contributed by atoms with van der Waals surface area (Å²) < 4.78 is 15.3. The molecule has 1 aromatic heterocycles. The maximum absolute atomic E-state index is 13.2. The molecule has 1 N–H and O–H groups in total. The summed E-state index contributed by atoms with van der Waals surface area (Å²) in [4.78, 5) is 29.5. The Labute approximate surface area is 169 Å². The summed E-state index contributed by atoms with van der Waals surface area (Å²) in [5.74, 6) is 0.673. The maximum atomic E-state index is 13.2. The lowest BCUT2D eigenvalue weighted by Crippen LogP contribution is -2.42. The van der Waals surface area contributed by atoms with Crippen LogP contribution in [-0.2, 0) is 4.79 Å². The highest BCUT2D eigenvalue weighted by molar-refractivity contribution is 6.00. The second kappa shape index (κ2) is 9.92. The van der Waals surface area contributed by atoms with Gasteiger partial charge < -0.3 is 29.1 Å². The van der Waals surface area contributed by atoms with Gasteiger partial charge in [0.1, 0.15) is 24.3 Å². The Balaban J connectivity index is 1.75. The van der Waals surface area contributed by atoms with Crippen molar-refractivity contribution in [3.63, 3.8) is 0 Å². The third kappa shape index (κ3) is 5.47. The molecular formula is C20H26N4O5. The first-order valence-corrected chi connectivity index (χ1v) is 9.54. The number of ether oxygens (including phenoxy) is 2. The predicted molar refractivity (Wildman–Crippen MR) is 106 cm³/mol. The summed E-state index contributed by atoms with van der Waals surface area (Å²) in [5, 5.41) is 6.30. The zero-order valence-corrected chi connectivity index (χ0v) is 16.7. The van der Waals surface area contributed by atoms with Crippen LogP contribution in [0, 0.1) is 0 Å². The van der Waals surface area contributed by atoms with Crippen LogP contribution >= 0.6 is 0 Å². The Hall–Kier alpha value is -3.07. The summed E-state index contributed by atoms with van der Waals surface area (Å²) in [7, 11) is 3.05. The molecule has 2 heterocycles. The van der Waals surface area contributed by atoms with E-state index in [1.165, 1.54) is 18.3 Å². The van der Waals surface area contributed by atoms with E-state index in [0.717, 1.165) is 25.9 Å². The first-order valence-electron chi connectivity index (χ1n) is 9.54. The van der Waals surface area contributed by atoms with Gasteiger partial charge in [-0.1, -0.05) is 5.16 Å². The zero-order chi connectivity index (χ0) is 20.6. The van der Waals surface area contributed by atoms with E-state index in [9.17, 15) is 9.59 Å². The monoisotopic (exact) mass is 402 g/mol. The normalized spacial score (nSPS) is 13.9. The number of methoxy groups -OCH3 is 2. The number of nitrogens with one attached hydrogen (secondary N) is 1. The van der Waals surface area contributed by atoms with E-state index in [0.29, 0.717) is 36.0 Å². The number of hydrogen-bond donors (Lipinski definition) is 1. The van der Waals surface area contributed by atoms with Crippen LogP contribution in [0.15, 0.2) is 35.1 Å². The Morgan fingerprint density at radius 3 is 2.66 bits per heavy atom. The van der Waals surface area contributed by atoms with E-state index < -0.39 is 0 Å². The number of carbonyl (C=O) groups excluding carboxylic acids is 2. The zero-order valence-electron chi connectivity index (χ0n) is 16.7. The van der Waals surface area contributed by atoms with Crippen LogP contribution in [0.5, 0.6) is 11.5 Å². The molecule has 29 heavy (non-hydrogen) atoms. The molecule has 156 valence electrons. The Kier molecular flexibility index (Phi) is 7.07. The number of rotatable bonds is 9. The van der Waals surface area contributed by atoms with Gasteiger partial charge in [-0.3, -0.25) is 9.59 Å². The lowest BCUT2D eigenvalue weighted by Gasteiger charge is -2.25. The highest BCUT2D eigenvalue weighted by Crippen LogP contribution is 2.26. The first kappa shape index (κ1) is 20.7. The van der Waals surface area contributed by atoms with Crippen molar-refractivity contribution >= 4 is 17.6 Å². The van der Waals surface area contributed by atoms with Crippen LogP contribution in [-0.4, -0.2) is 73.7 Å². The molecule has 0 bridgehead atoms. The second-order valence-corrected chi connectivity index (χ2v) is 6.77. The number of aromatic nitrogens is 1. The largest absolute Gasteiger partial charge is 0.497 e. The average molecular weight is 402 g/mol. The van der Waals surface area contributed by atoms with Gasteiger partial charge >= 0.3 is 0 Å². The van der Waals surface area contributed by atoms with Crippen molar-refractivity contribution in [3.8, 4) is 11.5 Å². The van der Waals surface area contributed by atoms with Gasteiger partial charge in [-0.15, -0.1) is 0 Å². The molecule has 0 radical (unpaired) electrons. The standard InChI is InChI=1S/C20H26N4O5/c1-27-15-5-6-16(17(13-15)28-2)20(26)24(11-10-23-8-3-4-9-23)14-19(25)21-18-7-12-29-22-18/h5-7,12-13H,3-4,8-11,14H2,1-2H3,(H,21,22,25). The van der Waals surface area contributed by atoms with Crippen LogP contribution in [0.3, 0.4) is 0 Å². The molecule has 1 aliphatic heterocycles. The van der Waals surface area contributed by atoms with E-state index in [4.69, 9.17) is 14.0 Å². The third-order valence-corrected chi connectivity index (χ3v) is 4.85. The predicted octanol–water partition coefficient (Wildman–Crippen LogP) is 1.87. The van der Waals surface area contributed by atoms with Crippen molar-refractivity contribution < 1.29 is 23.6 Å². The first-order chi connectivity index (χ1) is 14.1. The molecular weight excluding hydrogens is 376 g/mol. The number of hydrogen-bond acceptors (Lipinski definition) is 7. The van der Waals surface area contributed by atoms with Gasteiger partial charge in [-0.2, -0.15) is 0 Å². The molecule has 0 atom stereocenters. The summed E-state index contributed by atoms with van der Waals surface area (Å²) in [6, 6.07) is 6.55. The SMILES string of the molecule is COc1ccc(C(=O)N(CCN2CCCC2)CC(=O)Nc2ccon2)c(OC)c1. The number of anilines is 1. The summed E-state index contributed by atoms with van der Waals surface area (Å²) in [6.45, 7) is 3.06. The molecule has 0 aliphatic carbocycles. The van der Waals surface area contributed by atoms with Crippen LogP contribution in [0.2, 0.25) is 0 Å². The van der Waals surface area contributed by atoms with Gasteiger partial charge in [0, 0.05) is 25.2 Å². The highest BCUT2D eigenvalue weighted by Gasteiger charge is 2.24. The number of benzene rings is 1. The smallest absolute Gasteiger partial charge is 0.258 e. The Morgan fingerprint density at radius 2 is 2.00 bits per heavy atom. The lowest BCUT2D eigenvalue weighted by atomic mass is 10.1. The van der Waals surface area contributed by atoms with Crippen LogP contribution in [0.1, 0.15) is 23.2 Å². The number of carbonyl (C=O) groups is 2. The quantitative estimate of drug-likeness (QED) is 0.684. The molecule has 3 rings (SSSR count). The lowest BCUT2D eigenvalue weighted by molar-refractivity contribution is -0.117. The van der Waals surface area contributed by atoms with Crippen molar-refractivity contribution in [2.75, 3.05) is 52.3 Å². The summed E-state index contributed by atoms with van der Waals surface area (Å²) >= 11 is 0. The van der Waals surface area contributed by atoms with E-state index in [1.807, 2.05) is 0 Å². The maximum Gasteiger partial charge on any atom is 0.258 e. The van der Waals surface area contributed by atoms with Crippen molar-refractivity contribution in [3.05, 3.63) is 36.1 Å². The van der Waals surface area contributed by atoms with Gasteiger partial charge in [0.15, 0.2) is 5.82 Å². The fourth-order valence-electron chi connectivity index (χ4n) is 3.30. The molecule has 1 aromatic carbocycles. The van der Waals surface area contributed by atoms with Gasteiger partial charge in [0.2, 0.25) is 5.91 Å². The van der Waals surface area contributed by atoms with Crippen LogP contribution in [0.25, 0.3) is 0 Å². The van der Waals surface area contributed by atoms with Gasteiger partial charge in [-0.05, 0) is 38.1 Å². The summed E-state index contributed by atoms with van der Waals surface area (Å²) in [5.41, 5.74) is 0.379. The molecule has 2 aromatic rings. The molecule has 1 fully saturated rings. The van der Waals surface area contributed by atoms with Gasteiger partial charge in [-0.25, -0.2) is 0 Å². The molecule has 9 nitrogen and oxygen atoms in total. The molecule has 0 saturated carbocycles. The minimum Gasteiger partial charge on any atom is -0.497 e. The van der Waals surface area contributed by atoms with E-state index in [1.54, 1.807) is 31.4 Å². The highest BCUT2D eigenvalue weighted by atomic mass is 16.5. The molecule has 0 unspecified atom stereocenters. The van der Waals surface area contributed by atoms with Gasteiger partial charge in [0.25, 0.3) is 5.91 Å². The molecule has 9 heteroatoms. The second-order valence-electron chi connectivity index (χ2n) is 6.77. The minimum atomic E-state index is -0.346. The number of likely N-dealkylation sites (tertiary alicyclic amines) is 1. The van der Waals surface area contributed by atoms with E-state index >= 15 is 0 Å². The van der Waals surface area contributed by atoms with Gasteiger partial charge in [0.05, 0.1) is 19.8 Å². The molecule has 1 aliphatic rings. The van der Waals surface area contributed by atoms with E-state index in [-0.39, 0.29) is 18.4 Å². The van der Waals surface area contributed by atoms with E-state index in [2.05, 4.69) is 15.4 Å². The molecule has 0 spiro atoms. The van der Waals surface area contributed by atoms with Crippen LogP contribution < -0.4 is 14.8 Å². The molecule has 1 saturated heterocycles. The van der Waals surface area contributed by atoms with Crippen molar-refractivity contribution in [2.45, 2.75) is 12.8 Å². The molecule has 2 amide bonds. The minimum absolute atomic E-state index is 0.102. The topological polar surface area (TPSA) is 97.1 Å². The summed E-state index contributed by atoms with van der Waals surface area (Å²) in [6.07, 6.45) is 3.69. The third-order valence-electron chi connectivity index (χ3n) is 4.85.